The standard InChI is InChI=1S/C12H8ClF4N3O3/c13-6-2-7(14)8(1-5(6)4-21)19-20-10(22)3-9(12(15,16)17)18-11(20)23/h1-3,19,21H,4H2,(H,18,23). The molecule has 124 valence electrons. The molecule has 1 aromatic carbocycles. The number of aliphatic hydroxyl groups excluding tert-OH is 1. The quantitative estimate of drug-likeness (QED) is 0.733. The molecule has 0 aliphatic heterocycles. The second kappa shape index (κ2) is 6.05. The molecule has 23 heavy (non-hydrogen) atoms. The average molecular weight is 354 g/mol. The average Bonchev–Trinajstić information content (AvgIpc) is 2.43. The van der Waals surface area contributed by atoms with Crippen LogP contribution in [0.2, 0.25) is 5.02 Å². The molecule has 0 bridgehead atoms. The largest absolute Gasteiger partial charge is 0.431 e. The third kappa shape index (κ3) is 3.54. The van der Waals surface area contributed by atoms with Crippen LogP contribution in [0.4, 0.5) is 23.2 Å². The number of hydrogen-bond donors (Lipinski definition) is 3. The molecule has 6 nitrogen and oxygen atoms in total. The molecule has 0 fully saturated rings. The summed E-state index contributed by atoms with van der Waals surface area (Å²) in [4.78, 5) is 24.7. The lowest BCUT2D eigenvalue weighted by Gasteiger charge is -2.12. The maximum atomic E-state index is 13.7. The van der Waals surface area contributed by atoms with E-state index >= 15 is 0 Å². The fourth-order valence-electron chi connectivity index (χ4n) is 1.67. The molecule has 3 N–H and O–H groups in total. The van der Waals surface area contributed by atoms with E-state index in [1.54, 1.807) is 0 Å². The van der Waals surface area contributed by atoms with Crippen molar-refractivity contribution in [3.63, 3.8) is 0 Å². The van der Waals surface area contributed by atoms with E-state index < -0.39 is 41.2 Å². The molecule has 0 aliphatic rings. The smallest absolute Gasteiger partial charge is 0.392 e. The Bertz CT molecular complexity index is 829. The Morgan fingerprint density at radius 2 is 1.91 bits per heavy atom. The zero-order chi connectivity index (χ0) is 17.4. The molecule has 0 spiro atoms. The molecule has 0 radical (unpaired) electrons. The number of nitrogens with zero attached hydrogens (tertiary/aromatic N) is 1. The van der Waals surface area contributed by atoms with Crippen molar-refractivity contribution in [1.82, 2.24) is 9.66 Å². The van der Waals surface area contributed by atoms with Crippen molar-refractivity contribution in [3.05, 3.63) is 61.1 Å². The van der Waals surface area contributed by atoms with Crippen LogP contribution in [-0.4, -0.2) is 14.8 Å². The van der Waals surface area contributed by atoms with Crippen LogP contribution < -0.4 is 16.7 Å². The fraction of sp³-hybridized carbons (Fsp3) is 0.167. The van der Waals surface area contributed by atoms with Crippen LogP contribution in [0.5, 0.6) is 0 Å². The molecule has 11 heteroatoms. The molecule has 1 aromatic heterocycles. The van der Waals surface area contributed by atoms with Crippen LogP contribution in [0.3, 0.4) is 0 Å². The Morgan fingerprint density at radius 3 is 2.43 bits per heavy atom. The Morgan fingerprint density at radius 1 is 1.26 bits per heavy atom. The Labute approximate surface area is 129 Å². The number of benzene rings is 1. The van der Waals surface area contributed by atoms with Gasteiger partial charge in [-0.2, -0.15) is 17.8 Å². The predicted octanol–water partition coefficient (Wildman–Crippen LogP) is 1.72. The normalized spacial score (nSPS) is 11.6. The number of nitrogens with one attached hydrogen (secondary N) is 2. The van der Waals surface area contributed by atoms with Gasteiger partial charge in [0.15, 0.2) is 0 Å². The first-order valence-electron chi connectivity index (χ1n) is 5.93. The molecule has 2 aromatic rings. The molecular formula is C12H8ClF4N3O3. The summed E-state index contributed by atoms with van der Waals surface area (Å²) in [5.41, 5.74) is -2.61. The van der Waals surface area contributed by atoms with Gasteiger partial charge in [0.2, 0.25) is 0 Å². The third-order valence-electron chi connectivity index (χ3n) is 2.78. The van der Waals surface area contributed by atoms with Gasteiger partial charge in [0.25, 0.3) is 5.56 Å². The number of anilines is 1. The second-order valence-corrected chi connectivity index (χ2v) is 4.76. The van der Waals surface area contributed by atoms with E-state index in [9.17, 15) is 27.2 Å². The van der Waals surface area contributed by atoms with Gasteiger partial charge in [0, 0.05) is 11.1 Å². The highest BCUT2D eigenvalue weighted by atomic mass is 35.5. The van der Waals surface area contributed by atoms with E-state index in [1.807, 2.05) is 5.43 Å². The van der Waals surface area contributed by atoms with Crippen LogP contribution >= 0.6 is 11.6 Å². The van der Waals surface area contributed by atoms with Crippen molar-refractivity contribution >= 4 is 17.3 Å². The fourth-order valence-corrected chi connectivity index (χ4v) is 1.89. The minimum atomic E-state index is -4.91. The summed E-state index contributed by atoms with van der Waals surface area (Å²) in [5, 5.41) is 8.95. The molecule has 0 saturated heterocycles. The van der Waals surface area contributed by atoms with Gasteiger partial charge in [-0.15, -0.1) is 0 Å². The number of alkyl halides is 3. The molecule has 1 heterocycles. The molecule has 2 rings (SSSR count). The van der Waals surface area contributed by atoms with Crippen molar-refractivity contribution in [2.45, 2.75) is 12.8 Å². The van der Waals surface area contributed by atoms with Crippen molar-refractivity contribution in [3.8, 4) is 0 Å². The van der Waals surface area contributed by atoms with Gasteiger partial charge in [-0.05, 0) is 17.7 Å². The van der Waals surface area contributed by atoms with Crippen LogP contribution in [0.1, 0.15) is 11.3 Å². The summed E-state index contributed by atoms with van der Waals surface area (Å²) in [5.74, 6) is -0.974. The highest BCUT2D eigenvalue weighted by Crippen LogP contribution is 2.26. The number of halogens is 5. The van der Waals surface area contributed by atoms with Crippen LogP contribution in [0.25, 0.3) is 0 Å². The lowest BCUT2D eigenvalue weighted by Crippen LogP contribution is -2.41. The lowest BCUT2D eigenvalue weighted by molar-refractivity contribution is -0.141. The summed E-state index contributed by atoms with van der Waals surface area (Å²) < 4.78 is 51.3. The van der Waals surface area contributed by atoms with Crippen molar-refractivity contribution in [2.75, 3.05) is 5.43 Å². The zero-order valence-electron chi connectivity index (χ0n) is 11.0. The SMILES string of the molecule is O=c1cc(C(F)(F)F)[nH]c(=O)n1Nc1cc(CO)c(Cl)cc1F. The molecule has 0 unspecified atom stereocenters. The maximum absolute atomic E-state index is 13.7. The lowest BCUT2D eigenvalue weighted by atomic mass is 10.2. The van der Waals surface area contributed by atoms with Gasteiger partial charge in [-0.25, -0.2) is 9.18 Å². The number of H-pyrrole nitrogens is 1. The first-order chi connectivity index (χ1) is 10.6. The summed E-state index contributed by atoms with van der Waals surface area (Å²) in [6.07, 6.45) is -4.91. The summed E-state index contributed by atoms with van der Waals surface area (Å²) in [6, 6.07) is 1.98. The number of aromatic amines is 1. The Balaban J connectivity index is 2.50. The van der Waals surface area contributed by atoms with E-state index in [1.165, 1.54) is 4.98 Å². The molecular weight excluding hydrogens is 346 g/mol. The molecule has 0 aliphatic carbocycles. The minimum Gasteiger partial charge on any atom is -0.392 e. The third-order valence-corrected chi connectivity index (χ3v) is 3.13. The van der Waals surface area contributed by atoms with E-state index in [0.29, 0.717) is 0 Å². The Kier molecular flexibility index (Phi) is 4.48. The maximum Gasteiger partial charge on any atom is 0.431 e. The Hall–Kier alpha value is -2.33. The molecule has 0 atom stereocenters. The topological polar surface area (TPSA) is 87.1 Å². The predicted molar refractivity (Wildman–Crippen MR) is 72.7 cm³/mol. The monoisotopic (exact) mass is 353 g/mol. The van der Waals surface area contributed by atoms with E-state index in [0.717, 1.165) is 12.1 Å². The van der Waals surface area contributed by atoms with Gasteiger partial charge in [-0.3, -0.25) is 10.2 Å². The van der Waals surface area contributed by atoms with Gasteiger partial charge < -0.3 is 10.1 Å². The highest BCUT2D eigenvalue weighted by Gasteiger charge is 2.33. The number of hydrogen-bond acceptors (Lipinski definition) is 4. The van der Waals surface area contributed by atoms with E-state index in [4.69, 9.17) is 16.7 Å². The van der Waals surface area contributed by atoms with Gasteiger partial charge in [-0.1, -0.05) is 11.6 Å². The second-order valence-electron chi connectivity index (χ2n) is 4.35. The van der Waals surface area contributed by atoms with Gasteiger partial charge in [0.05, 0.1) is 12.3 Å². The molecule has 0 amide bonds. The number of aliphatic hydroxyl groups is 1. The number of aromatic nitrogens is 2. The van der Waals surface area contributed by atoms with Crippen molar-refractivity contribution in [1.29, 1.82) is 0 Å². The first kappa shape index (κ1) is 17.0. The summed E-state index contributed by atoms with van der Waals surface area (Å²) in [7, 11) is 0. The summed E-state index contributed by atoms with van der Waals surface area (Å²) >= 11 is 5.65. The molecule has 0 saturated carbocycles. The van der Waals surface area contributed by atoms with Crippen LogP contribution in [0.15, 0.2) is 27.8 Å². The van der Waals surface area contributed by atoms with E-state index in [2.05, 4.69) is 0 Å². The highest BCUT2D eigenvalue weighted by molar-refractivity contribution is 6.31. The summed E-state index contributed by atoms with van der Waals surface area (Å²) in [6.45, 7) is -0.550. The van der Waals surface area contributed by atoms with Gasteiger partial charge in [0.1, 0.15) is 11.5 Å². The minimum absolute atomic E-state index is 0.0898. The van der Waals surface area contributed by atoms with Crippen molar-refractivity contribution in [2.24, 2.45) is 0 Å². The van der Waals surface area contributed by atoms with Crippen molar-refractivity contribution < 1.29 is 22.7 Å². The zero-order valence-corrected chi connectivity index (χ0v) is 11.8. The number of rotatable bonds is 3. The van der Waals surface area contributed by atoms with E-state index in [-0.39, 0.29) is 21.3 Å². The first-order valence-corrected chi connectivity index (χ1v) is 6.30. The van der Waals surface area contributed by atoms with Crippen LogP contribution in [-0.2, 0) is 12.8 Å². The van der Waals surface area contributed by atoms with Crippen LogP contribution in [0, 0.1) is 5.82 Å². The van der Waals surface area contributed by atoms with Gasteiger partial charge >= 0.3 is 11.9 Å².